The molecule has 0 saturated heterocycles. The van der Waals surface area contributed by atoms with Gasteiger partial charge in [0.15, 0.2) is 0 Å². The third kappa shape index (κ3) is 6.23. The predicted molar refractivity (Wildman–Crippen MR) is 137 cm³/mol. The second kappa shape index (κ2) is 11.1. The third-order valence-corrected chi connectivity index (χ3v) is 7.16. The van der Waals surface area contributed by atoms with Crippen LogP contribution in [0.4, 0.5) is 18.9 Å². The van der Waals surface area contributed by atoms with Gasteiger partial charge in [-0.15, -0.1) is 0 Å². The normalized spacial score (nSPS) is 20.4. The molecule has 0 amide bonds. The number of alkyl halides is 3. The monoisotopic (exact) mass is 611 g/mol. The van der Waals surface area contributed by atoms with Crippen molar-refractivity contribution in [3.8, 4) is 5.75 Å². The molecule has 0 aromatic heterocycles. The molecule has 0 fully saturated rings. The quantitative estimate of drug-likeness (QED) is 0.191. The van der Waals surface area contributed by atoms with Crippen molar-refractivity contribution < 1.29 is 38.8 Å². The molecular formula is C25H33Cl2F3NOPZr. The molecule has 0 aliphatic carbocycles. The van der Waals surface area contributed by atoms with Crippen LogP contribution in [-0.2, 0) is 45.1 Å². The third-order valence-electron chi connectivity index (χ3n) is 6.83. The fourth-order valence-corrected chi connectivity index (χ4v) is 4.39. The van der Waals surface area contributed by atoms with Crippen molar-refractivity contribution in [1.29, 1.82) is 0 Å². The maximum atomic E-state index is 14.2. The van der Waals surface area contributed by atoms with Gasteiger partial charge in [-0.3, -0.25) is 0 Å². The van der Waals surface area contributed by atoms with Crippen LogP contribution in [0.3, 0.4) is 0 Å². The van der Waals surface area contributed by atoms with Gasteiger partial charge >= 0.3 is 37.9 Å². The number of hydrogen-bond acceptors (Lipinski definition) is 1. The summed E-state index contributed by atoms with van der Waals surface area (Å²) in [5, 5.41) is 0. The SMILES string of the molecule is C[C-]1Oc2c(cccc2C(C)(C)C)C[N+](C)(c2cc(CF)cc(C(F)(F)P)c2)C1(C)C.[Cl][Zr][Cl]. The molecule has 2 atom stereocenters. The number of ether oxygens (including phenoxy) is 1. The zero-order valence-corrected chi connectivity index (χ0v) is 25.8. The zero-order valence-electron chi connectivity index (χ0n) is 20.7. The van der Waals surface area contributed by atoms with Crippen molar-refractivity contribution >= 4 is 32.0 Å². The van der Waals surface area contributed by atoms with Gasteiger partial charge in [0.2, 0.25) is 0 Å². The predicted octanol–water partition coefficient (Wildman–Crippen LogP) is 8.61. The summed E-state index contributed by atoms with van der Waals surface area (Å²) in [5.74, 6) is 0.834. The molecule has 34 heavy (non-hydrogen) atoms. The van der Waals surface area contributed by atoms with Gasteiger partial charge in [0.1, 0.15) is 18.9 Å². The van der Waals surface area contributed by atoms with Gasteiger partial charge in [-0.2, -0.15) is 15.7 Å². The summed E-state index contributed by atoms with van der Waals surface area (Å²) in [4.78, 5) is 0. The van der Waals surface area contributed by atoms with E-state index in [1.165, 1.54) is 12.1 Å². The molecule has 1 aliphatic rings. The van der Waals surface area contributed by atoms with Crippen LogP contribution in [0.5, 0.6) is 5.75 Å². The van der Waals surface area contributed by atoms with Gasteiger partial charge in [-0.1, -0.05) is 48.2 Å². The molecule has 1 aliphatic heterocycles. The van der Waals surface area contributed by atoms with E-state index >= 15 is 0 Å². The van der Waals surface area contributed by atoms with E-state index in [0.717, 1.165) is 23.0 Å². The summed E-state index contributed by atoms with van der Waals surface area (Å²) in [6.45, 7) is 12.2. The summed E-state index contributed by atoms with van der Waals surface area (Å²) >= 11 is -0.826. The Balaban J connectivity index is 0.00000129. The van der Waals surface area contributed by atoms with E-state index in [1.54, 1.807) is 15.3 Å². The van der Waals surface area contributed by atoms with E-state index in [2.05, 4.69) is 26.8 Å². The average Bonchev–Trinajstić information content (AvgIpc) is 2.80. The number of benzene rings is 2. The summed E-state index contributed by atoms with van der Waals surface area (Å²) < 4.78 is 48.8. The van der Waals surface area contributed by atoms with Gasteiger partial charge in [-0.05, 0) is 42.5 Å². The van der Waals surface area contributed by atoms with Crippen LogP contribution >= 0.6 is 26.3 Å². The van der Waals surface area contributed by atoms with Crippen molar-refractivity contribution in [3.63, 3.8) is 0 Å². The van der Waals surface area contributed by atoms with E-state index < -0.39 is 38.7 Å². The maximum absolute atomic E-state index is 14.2. The van der Waals surface area contributed by atoms with Crippen molar-refractivity contribution in [1.82, 2.24) is 4.48 Å². The average molecular weight is 614 g/mol. The van der Waals surface area contributed by atoms with E-state index in [1.807, 2.05) is 40.0 Å². The van der Waals surface area contributed by atoms with Crippen LogP contribution in [0, 0.1) is 6.10 Å². The van der Waals surface area contributed by atoms with Crippen molar-refractivity contribution in [2.45, 2.75) is 71.4 Å². The number of para-hydroxylation sites is 1. The fraction of sp³-hybridized carbons (Fsp3) is 0.480. The van der Waals surface area contributed by atoms with Gasteiger partial charge in [0.25, 0.3) is 5.66 Å². The number of halogens is 5. The van der Waals surface area contributed by atoms with E-state index in [4.69, 9.17) is 21.8 Å². The fourth-order valence-electron chi connectivity index (χ4n) is 4.23. The van der Waals surface area contributed by atoms with Gasteiger partial charge in [-0.25, -0.2) is 4.39 Å². The standard InChI is InChI=1S/C25H33F3NOP.2ClH.Zr/c1-16-24(5,6)29(7,20-12-17(14-26)11-19(13-20)25(27,28)31)15-18-9-8-10-21(22(18)30-16)23(2,3)4;;;/h8-13H,14-15,31H2,1-7H3;2*1H;/q;;;+2/p-2. The van der Waals surface area contributed by atoms with E-state index in [9.17, 15) is 13.2 Å². The number of rotatable bonds is 3. The second-order valence-corrected chi connectivity index (χ2v) is 14.8. The Labute approximate surface area is 223 Å². The first kappa shape index (κ1) is 30.1. The Morgan fingerprint density at radius 2 is 1.76 bits per heavy atom. The van der Waals surface area contributed by atoms with Crippen LogP contribution in [-0.4, -0.2) is 12.6 Å². The van der Waals surface area contributed by atoms with E-state index in [-0.39, 0.29) is 21.0 Å². The molecule has 9 heteroatoms. The Morgan fingerprint density at radius 1 is 1.18 bits per heavy atom. The number of quaternary nitrogens is 1. The molecular weight excluding hydrogens is 580 g/mol. The number of fused-ring (bicyclic) bond motifs is 1. The summed E-state index contributed by atoms with van der Waals surface area (Å²) in [6.07, 6.45) is 0.787. The minimum atomic E-state index is -3.14. The van der Waals surface area contributed by atoms with Crippen molar-refractivity contribution in [2.24, 2.45) is 0 Å². The van der Waals surface area contributed by atoms with Gasteiger partial charge < -0.3 is 9.22 Å². The van der Waals surface area contributed by atoms with Crippen LogP contribution in [0.25, 0.3) is 0 Å². The number of hydrogen-bond donors (Lipinski definition) is 0. The Kier molecular flexibility index (Phi) is 9.83. The first-order valence-corrected chi connectivity index (χ1v) is 17.8. The molecule has 0 saturated carbocycles. The molecule has 0 radical (unpaired) electrons. The molecule has 0 bridgehead atoms. The molecule has 2 aromatic carbocycles. The molecule has 2 unspecified atom stereocenters. The minimum absolute atomic E-state index is 0.119. The van der Waals surface area contributed by atoms with Crippen LogP contribution in [0.1, 0.15) is 63.8 Å². The molecule has 3 rings (SSSR count). The summed E-state index contributed by atoms with van der Waals surface area (Å²) in [6, 6.07) is 10.6. The molecule has 2 aromatic rings. The molecule has 0 N–H and O–H groups in total. The molecule has 1 heterocycles. The topological polar surface area (TPSA) is 9.23 Å². The second-order valence-electron chi connectivity index (χ2n) is 10.3. The molecule has 188 valence electrons. The summed E-state index contributed by atoms with van der Waals surface area (Å²) in [7, 11) is 13.4. The number of likely N-dealkylation sites (N-methyl/N-ethyl adjacent to an activating group) is 1. The zero-order chi connectivity index (χ0) is 26.1. The summed E-state index contributed by atoms with van der Waals surface area (Å²) in [5.41, 5.74) is -1.03. The van der Waals surface area contributed by atoms with Crippen LogP contribution in [0.2, 0.25) is 0 Å². The number of nitrogens with zero attached hydrogens (tertiary/aromatic N) is 1. The van der Waals surface area contributed by atoms with Crippen LogP contribution < -0.4 is 9.22 Å². The first-order valence-electron chi connectivity index (χ1n) is 10.9. The van der Waals surface area contributed by atoms with E-state index in [0.29, 0.717) is 12.2 Å². The van der Waals surface area contributed by atoms with Crippen molar-refractivity contribution in [2.75, 3.05) is 7.05 Å². The van der Waals surface area contributed by atoms with Crippen LogP contribution in [0.15, 0.2) is 36.4 Å². The Bertz CT molecular complexity index is 1010. The Morgan fingerprint density at radius 3 is 2.26 bits per heavy atom. The Hall–Kier alpha value is -0.117. The van der Waals surface area contributed by atoms with Crippen molar-refractivity contribution in [3.05, 3.63) is 64.8 Å². The first-order chi connectivity index (χ1) is 15.5. The van der Waals surface area contributed by atoms with Gasteiger partial charge in [0, 0.05) is 28.8 Å². The molecule has 0 spiro atoms. The van der Waals surface area contributed by atoms with Gasteiger partial charge in [0.05, 0.1) is 12.8 Å². The molecule has 2 nitrogen and oxygen atoms in total.